The number of allylic oxidation sites excluding steroid dienone is 3. The average molecular weight is 427 g/mol. The van der Waals surface area contributed by atoms with Crippen LogP contribution in [-0.4, -0.2) is 0 Å². The largest absolute Gasteiger partial charge is 0.450 e. The maximum absolute atomic E-state index is 15.2. The lowest BCUT2D eigenvalue weighted by Gasteiger charge is -2.23. The first-order chi connectivity index (χ1) is 15.0. The molecule has 1 heterocycles. The summed E-state index contributed by atoms with van der Waals surface area (Å²) in [6.07, 6.45) is 13.1. The Bertz CT molecular complexity index is 1040. The Hall–Kier alpha value is -2.49. The van der Waals surface area contributed by atoms with Crippen LogP contribution in [0.1, 0.15) is 74.6 Å². The van der Waals surface area contributed by atoms with Crippen molar-refractivity contribution < 1.29 is 17.9 Å². The summed E-state index contributed by atoms with van der Waals surface area (Å²) in [4.78, 5) is 0. The highest BCUT2D eigenvalue weighted by Gasteiger charge is 2.28. The van der Waals surface area contributed by atoms with Crippen LogP contribution < -0.4 is 4.74 Å². The van der Waals surface area contributed by atoms with Gasteiger partial charge in [0.25, 0.3) is 0 Å². The molecule has 1 aliphatic heterocycles. The number of aryl methyl sites for hydroxylation is 1. The van der Waals surface area contributed by atoms with E-state index < -0.39 is 17.5 Å². The Morgan fingerprint density at radius 1 is 0.968 bits per heavy atom. The normalized spacial score (nSPS) is 17.8. The van der Waals surface area contributed by atoms with Crippen molar-refractivity contribution in [2.45, 2.75) is 65.2 Å². The summed E-state index contributed by atoms with van der Waals surface area (Å²) < 4.78 is 49.8. The van der Waals surface area contributed by atoms with Crippen LogP contribution in [0.4, 0.5) is 13.2 Å². The second-order valence-electron chi connectivity index (χ2n) is 8.64. The van der Waals surface area contributed by atoms with Crippen molar-refractivity contribution in [3.8, 4) is 11.5 Å². The minimum Gasteiger partial charge on any atom is -0.450 e. The predicted molar refractivity (Wildman–Crippen MR) is 119 cm³/mol. The van der Waals surface area contributed by atoms with E-state index in [1.54, 1.807) is 18.2 Å². The number of fused-ring (bicyclic) bond motifs is 2. The van der Waals surface area contributed by atoms with Gasteiger partial charge in [-0.3, -0.25) is 0 Å². The lowest BCUT2D eigenvalue weighted by molar-refractivity contribution is 0.379. The summed E-state index contributed by atoms with van der Waals surface area (Å²) in [7, 11) is 0. The van der Waals surface area contributed by atoms with E-state index in [1.165, 1.54) is 12.0 Å². The van der Waals surface area contributed by atoms with Crippen molar-refractivity contribution in [1.82, 2.24) is 0 Å². The average Bonchev–Trinajstić information content (AvgIpc) is 2.77. The first-order valence-corrected chi connectivity index (χ1v) is 11.4. The van der Waals surface area contributed by atoms with Crippen molar-refractivity contribution in [3.05, 3.63) is 75.6 Å². The zero-order valence-electron chi connectivity index (χ0n) is 18.2. The van der Waals surface area contributed by atoms with E-state index in [1.807, 2.05) is 13.0 Å². The summed E-state index contributed by atoms with van der Waals surface area (Å²) in [5.41, 5.74) is 3.49. The van der Waals surface area contributed by atoms with Gasteiger partial charge in [-0.2, -0.15) is 4.39 Å². The summed E-state index contributed by atoms with van der Waals surface area (Å²) in [6, 6.07) is 5.21. The van der Waals surface area contributed by atoms with Gasteiger partial charge in [-0.25, -0.2) is 8.78 Å². The van der Waals surface area contributed by atoms with Crippen molar-refractivity contribution in [3.63, 3.8) is 0 Å². The molecular weight excluding hydrogens is 397 g/mol. The van der Waals surface area contributed by atoms with Crippen LogP contribution in [-0.2, 0) is 12.8 Å². The predicted octanol–water partition coefficient (Wildman–Crippen LogP) is 8.29. The lowest BCUT2D eigenvalue weighted by Crippen LogP contribution is -2.10. The summed E-state index contributed by atoms with van der Waals surface area (Å²) in [5, 5.41) is 0. The summed E-state index contributed by atoms with van der Waals surface area (Å²) >= 11 is 0. The molecule has 31 heavy (non-hydrogen) atoms. The molecule has 2 aromatic carbocycles. The summed E-state index contributed by atoms with van der Waals surface area (Å²) in [5.74, 6) is -2.23. The fourth-order valence-corrected chi connectivity index (χ4v) is 4.58. The molecule has 1 atom stereocenters. The number of hydrogen-bond acceptors (Lipinski definition) is 1. The van der Waals surface area contributed by atoms with Gasteiger partial charge in [0.2, 0.25) is 5.82 Å². The number of halogens is 3. The molecule has 0 aromatic heterocycles. The van der Waals surface area contributed by atoms with Gasteiger partial charge in [0.1, 0.15) is 0 Å². The van der Waals surface area contributed by atoms with Gasteiger partial charge in [0.05, 0.1) is 0 Å². The van der Waals surface area contributed by atoms with E-state index in [2.05, 4.69) is 19.1 Å². The molecule has 1 nitrogen and oxygen atoms in total. The standard InChI is InChI=1S/C27H29F3O/c1-3-5-17-7-9-18(10-8-17)11-12-19-13-14-21-16-22-15-20(6-4-2)23(28)25(30)27(22)31-26(21)24(19)29/h7,11-15,18H,3-6,8-10,16H2,1-2H3/b12-11+. The number of benzene rings is 2. The van der Waals surface area contributed by atoms with Gasteiger partial charge in [0.15, 0.2) is 23.1 Å². The minimum atomic E-state index is -1.02. The first-order valence-electron chi connectivity index (χ1n) is 11.4. The van der Waals surface area contributed by atoms with Gasteiger partial charge in [0, 0.05) is 23.1 Å². The number of ether oxygens (including phenoxy) is 1. The molecule has 0 fully saturated rings. The van der Waals surface area contributed by atoms with Crippen LogP contribution in [0.3, 0.4) is 0 Å². The fourth-order valence-electron chi connectivity index (χ4n) is 4.58. The molecule has 0 radical (unpaired) electrons. The number of rotatable bonds is 6. The highest BCUT2D eigenvalue weighted by molar-refractivity contribution is 5.59. The Kier molecular flexibility index (Phi) is 6.54. The van der Waals surface area contributed by atoms with Crippen LogP contribution >= 0.6 is 0 Å². The molecule has 2 aromatic rings. The Balaban J connectivity index is 1.56. The quantitative estimate of drug-likeness (QED) is 0.360. The molecule has 0 spiro atoms. The Morgan fingerprint density at radius 3 is 2.45 bits per heavy atom. The van der Waals surface area contributed by atoms with E-state index in [4.69, 9.17) is 4.74 Å². The van der Waals surface area contributed by atoms with Gasteiger partial charge >= 0.3 is 0 Å². The van der Waals surface area contributed by atoms with Gasteiger partial charge in [-0.15, -0.1) is 0 Å². The van der Waals surface area contributed by atoms with Crippen LogP contribution in [0, 0.1) is 23.4 Å². The highest BCUT2D eigenvalue weighted by Crippen LogP contribution is 2.42. The maximum Gasteiger partial charge on any atom is 0.201 e. The maximum atomic E-state index is 15.2. The molecule has 0 amide bonds. The zero-order chi connectivity index (χ0) is 22.0. The van der Waals surface area contributed by atoms with E-state index in [9.17, 15) is 8.78 Å². The topological polar surface area (TPSA) is 9.23 Å². The van der Waals surface area contributed by atoms with Gasteiger partial charge < -0.3 is 4.74 Å². The van der Waals surface area contributed by atoms with Crippen LogP contribution in [0.25, 0.3) is 6.08 Å². The lowest BCUT2D eigenvalue weighted by atomic mass is 9.87. The zero-order valence-corrected chi connectivity index (χ0v) is 18.2. The van der Waals surface area contributed by atoms with E-state index >= 15 is 4.39 Å². The van der Waals surface area contributed by atoms with Crippen LogP contribution in [0.2, 0.25) is 0 Å². The number of hydrogen-bond donors (Lipinski definition) is 0. The third-order valence-electron chi connectivity index (χ3n) is 6.29. The smallest absolute Gasteiger partial charge is 0.201 e. The van der Waals surface area contributed by atoms with E-state index in [0.717, 1.165) is 25.7 Å². The van der Waals surface area contributed by atoms with Gasteiger partial charge in [-0.05, 0) is 49.7 Å². The summed E-state index contributed by atoms with van der Waals surface area (Å²) in [6.45, 7) is 4.11. The molecule has 0 saturated carbocycles. The second-order valence-corrected chi connectivity index (χ2v) is 8.64. The van der Waals surface area contributed by atoms with Crippen LogP contribution in [0.5, 0.6) is 11.5 Å². The molecule has 4 heteroatoms. The first kappa shape index (κ1) is 21.7. The monoisotopic (exact) mass is 426 g/mol. The Labute approximate surface area is 182 Å². The molecule has 0 saturated heterocycles. The fraction of sp³-hybridized carbons (Fsp3) is 0.407. The molecule has 1 unspecified atom stereocenters. The molecule has 0 N–H and O–H groups in total. The van der Waals surface area contributed by atoms with Gasteiger partial charge in [-0.1, -0.05) is 62.6 Å². The SMILES string of the molecule is CCCC1=CCC(/C=C/c2ccc3c(c2F)Oc2c(cc(CCC)c(F)c2F)C3)CC1. The minimum absolute atomic E-state index is 0.00460. The third-order valence-corrected chi connectivity index (χ3v) is 6.29. The molecule has 0 bridgehead atoms. The highest BCUT2D eigenvalue weighted by atomic mass is 19.2. The molecule has 2 aliphatic rings. The Morgan fingerprint density at radius 2 is 1.74 bits per heavy atom. The molecular formula is C27H29F3O. The van der Waals surface area contributed by atoms with Crippen molar-refractivity contribution in [2.24, 2.45) is 5.92 Å². The van der Waals surface area contributed by atoms with Crippen molar-refractivity contribution in [1.29, 1.82) is 0 Å². The van der Waals surface area contributed by atoms with Crippen molar-refractivity contribution >= 4 is 6.08 Å². The molecule has 1 aliphatic carbocycles. The molecule has 164 valence electrons. The van der Waals surface area contributed by atoms with E-state index in [0.29, 0.717) is 47.4 Å². The molecule has 4 rings (SSSR count). The van der Waals surface area contributed by atoms with E-state index in [-0.39, 0.29) is 11.5 Å². The third kappa shape index (κ3) is 4.44. The van der Waals surface area contributed by atoms with Crippen LogP contribution in [0.15, 0.2) is 35.9 Å². The second kappa shape index (κ2) is 9.33. The van der Waals surface area contributed by atoms with Crippen molar-refractivity contribution in [2.75, 3.05) is 0 Å².